The molecule has 4 N–H and O–H groups in total. The van der Waals surface area contributed by atoms with Gasteiger partial charge in [-0.2, -0.15) is 11.8 Å². The molecule has 1 atom stereocenters. The zero-order valence-electron chi connectivity index (χ0n) is 9.03. The summed E-state index contributed by atoms with van der Waals surface area (Å²) in [6, 6.07) is 3.57. The van der Waals surface area contributed by atoms with Crippen LogP contribution in [0.3, 0.4) is 0 Å². The number of aromatic nitrogens is 1. The minimum Gasteiger partial charge on any atom is -0.387 e. The SMILES string of the molecule is CSCC(C)(O)CNc1ccc(N)nc1. The van der Waals surface area contributed by atoms with Gasteiger partial charge in [0, 0.05) is 12.3 Å². The number of nitrogen functional groups attached to an aromatic ring is 1. The van der Waals surface area contributed by atoms with Gasteiger partial charge in [-0.3, -0.25) is 0 Å². The summed E-state index contributed by atoms with van der Waals surface area (Å²) in [5, 5.41) is 13.0. The number of hydrogen-bond acceptors (Lipinski definition) is 5. The van der Waals surface area contributed by atoms with Crippen LogP contribution in [-0.4, -0.2) is 34.2 Å². The summed E-state index contributed by atoms with van der Waals surface area (Å²) in [6.07, 6.45) is 3.63. The number of pyridine rings is 1. The summed E-state index contributed by atoms with van der Waals surface area (Å²) in [5.74, 6) is 1.19. The summed E-state index contributed by atoms with van der Waals surface area (Å²) in [6.45, 7) is 2.31. The van der Waals surface area contributed by atoms with Crippen molar-refractivity contribution in [3.63, 3.8) is 0 Å². The average Bonchev–Trinajstić information content (AvgIpc) is 2.17. The standard InChI is InChI=1S/C10H17N3OS/c1-10(14,7-15-2)6-13-8-3-4-9(11)12-5-8/h3-5,13-14H,6-7H2,1-2H3,(H2,11,12). The Hall–Kier alpha value is -0.940. The first-order valence-electron chi connectivity index (χ1n) is 4.70. The van der Waals surface area contributed by atoms with Crippen molar-refractivity contribution in [2.45, 2.75) is 12.5 Å². The first kappa shape index (κ1) is 12.1. The van der Waals surface area contributed by atoms with Crippen molar-refractivity contribution in [2.75, 3.05) is 29.6 Å². The highest BCUT2D eigenvalue weighted by atomic mass is 32.2. The first-order chi connectivity index (χ1) is 7.03. The van der Waals surface area contributed by atoms with Crippen molar-refractivity contribution in [2.24, 2.45) is 0 Å². The molecule has 0 aromatic carbocycles. The summed E-state index contributed by atoms with van der Waals surface area (Å²) in [4.78, 5) is 3.95. The highest BCUT2D eigenvalue weighted by Crippen LogP contribution is 2.13. The molecule has 1 aromatic heterocycles. The van der Waals surface area contributed by atoms with E-state index in [1.54, 1.807) is 30.9 Å². The lowest BCUT2D eigenvalue weighted by Gasteiger charge is -2.23. The second kappa shape index (κ2) is 5.23. The van der Waals surface area contributed by atoms with Gasteiger partial charge in [-0.05, 0) is 25.3 Å². The fourth-order valence-electron chi connectivity index (χ4n) is 1.16. The van der Waals surface area contributed by atoms with Gasteiger partial charge < -0.3 is 16.2 Å². The van der Waals surface area contributed by atoms with Crippen molar-refractivity contribution < 1.29 is 5.11 Å². The minimum absolute atomic E-state index is 0.497. The van der Waals surface area contributed by atoms with E-state index in [4.69, 9.17) is 5.73 Å². The van der Waals surface area contributed by atoms with Crippen LogP contribution in [0.25, 0.3) is 0 Å². The van der Waals surface area contributed by atoms with Gasteiger partial charge in [-0.15, -0.1) is 0 Å². The summed E-state index contributed by atoms with van der Waals surface area (Å²) in [5.41, 5.74) is 5.62. The lowest BCUT2D eigenvalue weighted by molar-refractivity contribution is 0.0997. The number of nitrogens with two attached hydrogens (primary N) is 1. The smallest absolute Gasteiger partial charge is 0.123 e. The number of aliphatic hydroxyl groups is 1. The predicted molar refractivity (Wildman–Crippen MR) is 66.1 cm³/mol. The van der Waals surface area contributed by atoms with E-state index in [9.17, 15) is 5.11 Å². The normalized spacial score (nSPS) is 14.6. The zero-order valence-corrected chi connectivity index (χ0v) is 9.84. The van der Waals surface area contributed by atoms with Crippen LogP contribution in [-0.2, 0) is 0 Å². The van der Waals surface area contributed by atoms with Crippen LogP contribution >= 0.6 is 11.8 Å². The van der Waals surface area contributed by atoms with Gasteiger partial charge in [0.2, 0.25) is 0 Å². The molecule has 0 aliphatic rings. The number of thioether (sulfide) groups is 1. The van der Waals surface area contributed by atoms with Crippen molar-refractivity contribution in [3.05, 3.63) is 18.3 Å². The highest BCUT2D eigenvalue weighted by molar-refractivity contribution is 7.98. The fourth-order valence-corrected chi connectivity index (χ4v) is 1.89. The van der Waals surface area contributed by atoms with E-state index < -0.39 is 5.60 Å². The molecule has 0 bridgehead atoms. The Bertz CT molecular complexity index is 300. The Morgan fingerprint density at radius 3 is 2.87 bits per heavy atom. The van der Waals surface area contributed by atoms with Crippen molar-refractivity contribution in [1.29, 1.82) is 0 Å². The molecule has 0 aliphatic carbocycles. The molecular formula is C10H17N3OS. The minimum atomic E-state index is -0.708. The molecule has 0 radical (unpaired) electrons. The number of rotatable bonds is 5. The molecule has 1 heterocycles. The van der Waals surface area contributed by atoms with Gasteiger partial charge in [0.25, 0.3) is 0 Å². The molecule has 0 spiro atoms. The van der Waals surface area contributed by atoms with Crippen molar-refractivity contribution >= 4 is 23.3 Å². The molecule has 0 fully saturated rings. The fraction of sp³-hybridized carbons (Fsp3) is 0.500. The van der Waals surface area contributed by atoms with Crippen LogP contribution in [0.4, 0.5) is 11.5 Å². The third kappa shape index (κ3) is 4.40. The summed E-state index contributed by atoms with van der Waals surface area (Å²) >= 11 is 1.62. The second-order valence-corrected chi connectivity index (χ2v) is 4.62. The molecule has 1 rings (SSSR count). The van der Waals surface area contributed by atoms with Crippen LogP contribution in [0.5, 0.6) is 0 Å². The van der Waals surface area contributed by atoms with E-state index in [-0.39, 0.29) is 0 Å². The molecule has 0 saturated heterocycles. The largest absolute Gasteiger partial charge is 0.387 e. The molecular weight excluding hydrogens is 210 g/mol. The molecule has 0 amide bonds. The van der Waals surface area contributed by atoms with Crippen LogP contribution < -0.4 is 11.1 Å². The van der Waals surface area contributed by atoms with Gasteiger partial charge in [0.15, 0.2) is 0 Å². The van der Waals surface area contributed by atoms with Gasteiger partial charge in [0.1, 0.15) is 5.82 Å². The molecule has 1 aromatic rings. The molecule has 15 heavy (non-hydrogen) atoms. The van der Waals surface area contributed by atoms with E-state index in [0.717, 1.165) is 5.69 Å². The van der Waals surface area contributed by atoms with Gasteiger partial charge in [0.05, 0.1) is 17.5 Å². The maximum atomic E-state index is 9.90. The van der Waals surface area contributed by atoms with Crippen molar-refractivity contribution in [3.8, 4) is 0 Å². The van der Waals surface area contributed by atoms with E-state index in [2.05, 4.69) is 10.3 Å². The second-order valence-electron chi connectivity index (χ2n) is 3.76. The van der Waals surface area contributed by atoms with Crippen LogP contribution in [0.2, 0.25) is 0 Å². The number of nitrogens with one attached hydrogen (secondary N) is 1. The topological polar surface area (TPSA) is 71.2 Å². The predicted octanol–water partition coefficient (Wildman–Crippen LogP) is 1.19. The highest BCUT2D eigenvalue weighted by Gasteiger charge is 2.18. The molecule has 0 saturated carbocycles. The van der Waals surface area contributed by atoms with Gasteiger partial charge in [-0.25, -0.2) is 4.98 Å². The maximum absolute atomic E-state index is 9.90. The first-order valence-corrected chi connectivity index (χ1v) is 6.09. The Labute approximate surface area is 94.3 Å². The average molecular weight is 227 g/mol. The Kier molecular flexibility index (Phi) is 4.23. The van der Waals surface area contributed by atoms with Gasteiger partial charge >= 0.3 is 0 Å². The molecule has 1 unspecified atom stereocenters. The maximum Gasteiger partial charge on any atom is 0.123 e. The third-order valence-corrected chi connectivity index (χ3v) is 2.83. The molecule has 4 nitrogen and oxygen atoms in total. The van der Waals surface area contributed by atoms with E-state index in [1.165, 1.54) is 0 Å². The lowest BCUT2D eigenvalue weighted by atomic mass is 10.1. The van der Waals surface area contributed by atoms with E-state index >= 15 is 0 Å². The Morgan fingerprint density at radius 1 is 1.60 bits per heavy atom. The van der Waals surface area contributed by atoms with Crippen molar-refractivity contribution in [1.82, 2.24) is 4.98 Å². The summed E-state index contributed by atoms with van der Waals surface area (Å²) in [7, 11) is 0. The molecule has 84 valence electrons. The number of anilines is 2. The van der Waals surface area contributed by atoms with Crippen LogP contribution in [0.1, 0.15) is 6.92 Å². The lowest BCUT2D eigenvalue weighted by Crippen LogP contribution is -2.36. The van der Waals surface area contributed by atoms with Gasteiger partial charge in [-0.1, -0.05) is 0 Å². The van der Waals surface area contributed by atoms with E-state index in [0.29, 0.717) is 18.1 Å². The summed E-state index contributed by atoms with van der Waals surface area (Å²) < 4.78 is 0. The Morgan fingerprint density at radius 2 is 2.33 bits per heavy atom. The van der Waals surface area contributed by atoms with Crippen LogP contribution in [0.15, 0.2) is 18.3 Å². The number of nitrogens with zero attached hydrogens (tertiary/aromatic N) is 1. The monoisotopic (exact) mass is 227 g/mol. The zero-order chi connectivity index (χ0) is 11.3. The Balaban J connectivity index is 2.46. The quantitative estimate of drug-likeness (QED) is 0.705. The molecule has 5 heteroatoms. The molecule has 0 aliphatic heterocycles. The number of hydrogen-bond donors (Lipinski definition) is 3. The van der Waals surface area contributed by atoms with Crippen LogP contribution in [0, 0.1) is 0 Å². The van der Waals surface area contributed by atoms with E-state index in [1.807, 2.05) is 12.3 Å². The third-order valence-electron chi connectivity index (χ3n) is 1.91.